The normalized spacial score (nSPS) is 12.8. The number of nitrogens with zero attached hydrogens (tertiary/aromatic N) is 2. The standard InChI is InChI=1S/C10H16N2O2/c1-4-9-11(3)5-6-12(9)7-8(2)10(13)14/h5-6,8H,4,7H2,1-3H3/p+1. The number of aromatic nitrogens is 2. The van der Waals surface area contributed by atoms with Crippen molar-refractivity contribution >= 4 is 5.97 Å². The minimum atomic E-state index is -0.747. The van der Waals surface area contributed by atoms with Crippen LogP contribution in [0.25, 0.3) is 0 Å². The van der Waals surface area contributed by atoms with Crippen LogP contribution in [-0.2, 0) is 24.8 Å². The van der Waals surface area contributed by atoms with Crippen LogP contribution >= 0.6 is 0 Å². The summed E-state index contributed by atoms with van der Waals surface area (Å²) in [6.07, 6.45) is 4.79. The molecule has 0 radical (unpaired) electrons. The van der Waals surface area contributed by atoms with Crippen molar-refractivity contribution in [1.82, 2.24) is 4.57 Å². The number of imidazole rings is 1. The van der Waals surface area contributed by atoms with Crippen molar-refractivity contribution in [1.29, 1.82) is 0 Å². The lowest BCUT2D eigenvalue weighted by Crippen LogP contribution is -2.32. The van der Waals surface area contributed by atoms with Crippen molar-refractivity contribution in [2.45, 2.75) is 26.8 Å². The first-order chi connectivity index (χ1) is 6.56. The maximum atomic E-state index is 10.7. The van der Waals surface area contributed by atoms with Gasteiger partial charge in [0.25, 0.3) is 5.82 Å². The number of aryl methyl sites for hydroxylation is 1. The third-order valence-electron chi connectivity index (χ3n) is 2.42. The molecular weight excluding hydrogens is 180 g/mol. The molecule has 0 spiro atoms. The van der Waals surface area contributed by atoms with Crippen LogP contribution < -0.4 is 4.57 Å². The minimum absolute atomic E-state index is 0.340. The Morgan fingerprint density at radius 1 is 1.71 bits per heavy atom. The first-order valence-electron chi connectivity index (χ1n) is 4.82. The molecule has 4 nitrogen and oxygen atoms in total. The molecule has 0 aliphatic heterocycles. The Morgan fingerprint density at radius 3 is 2.86 bits per heavy atom. The van der Waals surface area contributed by atoms with Crippen molar-refractivity contribution in [3.8, 4) is 0 Å². The highest BCUT2D eigenvalue weighted by Crippen LogP contribution is 2.03. The second-order valence-electron chi connectivity index (χ2n) is 3.57. The van der Waals surface area contributed by atoms with E-state index in [2.05, 4.69) is 6.92 Å². The summed E-state index contributed by atoms with van der Waals surface area (Å²) >= 11 is 0. The predicted molar refractivity (Wildman–Crippen MR) is 51.8 cm³/mol. The molecule has 4 heteroatoms. The van der Waals surface area contributed by atoms with Crippen LogP contribution in [0.4, 0.5) is 0 Å². The number of hydrogen-bond acceptors (Lipinski definition) is 1. The Hall–Kier alpha value is -1.32. The van der Waals surface area contributed by atoms with Gasteiger partial charge in [0.05, 0.1) is 13.0 Å². The van der Waals surface area contributed by atoms with Crippen LogP contribution in [0.3, 0.4) is 0 Å². The largest absolute Gasteiger partial charge is 0.481 e. The van der Waals surface area contributed by atoms with Crippen LogP contribution in [0, 0.1) is 5.92 Å². The molecule has 1 atom stereocenters. The third-order valence-corrected chi connectivity index (χ3v) is 2.42. The van der Waals surface area contributed by atoms with Crippen LogP contribution in [0.2, 0.25) is 0 Å². The summed E-state index contributed by atoms with van der Waals surface area (Å²) in [5.74, 6) is 0.0641. The summed E-state index contributed by atoms with van der Waals surface area (Å²) in [5.41, 5.74) is 0. The Balaban J connectivity index is 2.81. The maximum absolute atomic E-state index is 10.7. The Bertz CT molecular complexity index is 331. The fourth-order valence-electron chi connectivity index (χ4n) is 1.55. The quantitative estimate of drug-likeness (QED) is 0.718. The van der Waals surface area contributed by atoms with E-state index in [1.807, 2.05) is 28.6 Å². The van der Waals surface area contributed by atoms with Crippen molar-refractivity contribution < 1.29 is 14.5 Å². The highest BCUT2D eigenvalue weighted by molar-refractivity contribution is 5.69. The van der Waals surface area contributed by atoms with Crippen molar-refractivity contribution in [2.24, 2.45) is 13.0 Å². The second-order valence-corrected chi connectivity index (χ2v) is 3.57. The van der Waals surface area contributed by atoms with E-state index in [1.165, 1.54) is 0 Å². The lowest BCUT2D eigenvalue weighted by Gasteiger charge is -2.04. The van der Waals surface area contributed by atoms with E-state index in [-0.39, 0.29) is 5.92 Å². The zero-order chi connectivity index (χ0) is 10.7. The molecule has 0 amide bonds. The molecule has 0 saturated carbocycles. The van der Waals surface area contributed by atoms with Gasteiger partial charge in [-0.05, 0) is 6.92 Å². The molecule has 1 aromatic rings. The lowest BCUT2D eigenvalue weighted by atomic mass is 10.2. The molecule has 0 aromatic carbocycles. The highest BCUT2D eigenvalue weighted by Gasteiger charge is 2.18. The first kappa shape index (κ1) is 10.8. The van der Waals surface area contributed by atoms with E-state index >= 15 is 0 Å². The summed E-state index contributed by atoms with van der Waals surface area (Å²) in [4.78, 5) is 10.7. The van der Waals surface area contributed by atoms with Crippen molar-refractivity contribution in [3.05, 3.63) is 18.2 Å². The number of carboxylic acids is 1. The zero-order valence-electron chi connectivity index (χ0n) is 8.90. The van der Waals surface area contributed by atoms with Gasteiger partial charge in [-0.2, -0.15) is 0 Å². The molecular formula is C10H17N2O2+. The van der Waals surface area contributed by atoms with Gasteiger partial charge in [0, 0.05) is 6.42 Å². The van der Waals surface area contributed by atoms with E-state index in [1.54, 1.807) is 6.92 Å². The number of rotatable bonds is 4. The molecule has 0 aliphatic carbocycles. The van der Waals surface area contributed by atoms with Gasteiger partial charge in [-0.1, -0.05) is 6.92 Å². The topological polar surface area (TPSA) is 46.1 Å². The van der Waals surface area contributed by atoms with E-state index in [9.17, 15) is 4.79 Å². The third kappa shape index (κ3) is 2.13. The van der Waals surface area contributed by atoms with Gasteiger partial charge in [0.15, 0.2) is 0 Å². The monoisotopic (exact) mass is 197 g/mol. The number of carboxylic acid groups (broad SMARTS) is 1. The lowest BCUT2D eigenvalue weighted by molar-refractivity contribution is -0.678. The average Bonchev–Trinajstić information content (AvgIpc) is 2.46. The van der Waals surface area contributed by atoms with E-state index in [0.717, 1.165) is 12.2 Å². The maximum Gasteiger partial charge on any atom is 0.310 e. The molecule has 0 bridgehead atoms. The molecule has 1 unspecified atom stereocenters. The van der Waals surface area contributed by atoms with Gasteiger partial charge in [0.1, 0.15) is 18.9 Å². The highest BCUT2D eigenvalue weighted by atomic mass is 16.4. The second kappa shape index (κ2) is 4.26. The molecule has 14 heavy (non-hydrogen) atoms. The Kier molecular flexibility index (Phi) is 3.28. The molecule has 78 valence electrons. The van der Waals surface area contributed by atoms with Crippen LogP contribution in [0.15, 0.2) is 12.4 Å². The number of carbonyl (C=O) groups is 1. The molecule has 1 aromatic heterocycles. The molecule has 1 N–H and O–H groups in total. The molecule has 1 heterocycles. The fraction of sp³-hybridized carbons (Fsp3) is 0.600. The molecule has 0 aliphatic rings. The van der Waals surface area contributed by atoms with Crippen molar-refractivity contribution in [3.63, 3.8) is 0 Å². The molecule has 1 rings (SSSR count). The summed E-state index contributed by atoms with van der Waals surface area (Å²) in [6.45, 7) is 4.33. The van der Waals surface area contributed by atoms with Crippen LogP contribution in [-0.4, -0.2) is 15.6 Å². The fourth-order valence-corrected chi connectivity index (χ4v) is 1.55. The van der Waals surface area contributed by atoms with Gasteiger partial charge < -0.3 is 5.11 Å². The minimum Gasteiger partial charge on any atom is -0.481 e. The first-order valence-corrected chi connectivity index (χ1v) is 4.82. The van der Waals surface area contributed by atoms with E-state index in [4.69, 9.17) is 5.11 Å². The summed E-state index contributed by atoms with van der Waals surface area (Å²) in [7, 11) is 1.97. The smallest absolute Gasteiger partial charge is 0.310 e. The van der Waals surface area contributed by atoms with Gasteiger partial charge in [-0.3, -0.25) is 4.79 Å². The zero-order valence-corrected chi connectivity index (χ0v) is 8.90. The molecule has 0 fully saturated rings. The van der Waals surface area contributed by atoms with E-state index < -0.39 is 5.97 Å². The predicted octanol–water partition coefficient (Wildman–Crippen LogP) is 0.596. The van der Waals surface area contributed by atoms with Gasteiger partial charge in [-0.25, -0.2) is 9.13 Å². The summed E-state index contributed by atoms with van der Waals surface area (Å²) in [6, 6.07) is 0. The molecule has 0 saturated heterocycles. The SMILES string of the molecule is CCc1n(CC(C)C(=O)O)cc[n+]1C. The summed E-state index contributed by atoms with van der Waals surface area (Å²) < 4.78 is 4.02. The van der Waals surface area contributed by atoms with E-state index in [0.29, 0.717) is 6.54 Å². The van der Waals surface area contributed by atoms with Crippen LogP contribution in [0.1, 0.15) is 19.7 Å². The van der Waals surface area contributed by atoms with Gasteiger partial charge in [0.2, 0.25) is 0 Å². The Morgan fingerprint density at radius 2 is 2.36 bits per heavy atom. The van der Waals surface area contributed by atoms with Gasteiger partial charge in [-0.15, -0.1) is 0 Å². The van der Waals surface area contributed by atoms with Crippen LogP contribution in [0.5, 0.6) is 0 Å². The Labute approximate surface area is 83.8 Å². The number of aliphatic carboxylic acids is 1. The number of hydrogen-bond donors (Lipinski definition) is 1. The summed E-state index contributed by atoms with van der Waals surface area (Å²) in [5, 5.41) is 8.79. The van der Waals surface area contributed by atoms with Crippen molar-refractivity contribution in [2.75, 3.05) is 0 Å². The average molecular weight is 197 g/mol. The van der Waals surface area contributed by atoms with Gasteiger partial charge >= 0.3 is 5.97 Å².